The number of rotatable bonds is 4. The predicted octanol–water partition coefficient (Wildman–Crippen LogP) is 3.06. The van der Waals surface area contributed by atoms with Crippen molar-refractivity contribution in [3.05, 3.63) is 30.1 Å². The van der Waals surface area contributed by atoms with Crippen molar-refractivity contribution in [2.75, 3.05) is 6.54 Å². The lowest BCUT2D eigenvalue weighted by Crippen LogP contribution is -2.34. The SMILES string of the molecule is O=S(=O)(NCC1CCCCC1Br)c1cccc(F)c1. The van der Waals surface area contributed by atoms with Crippen LogP contribution < -0.4 is 4.72 Å². The fraction of sp³-hybridized carbons (Fsp3) is 0.538. The standard InChI is InChI=1S/C13H17BrFNO2S/c14-13-7-2-1-4-10(13)9-16-19(17,18)12-6-3-5-11(15)8-12/h3,5-6,8,10,13,16H,1-2,4,7,9H2. The zero-order valence-electron chi connectivity index (χ0n) is 10.5. The minimum absolute atomic E-state index is 0.0190. The highest BCUT2D eigenvalue weighted by Crippen LogP contribution is 2.29. The van der Waals surface area contributed by atoms with Gasteiger partial charge in [0.2, 0.25) is 10.0 Å². The molecule has 0 aromatic heterocycles. The van der Waals surface area contributed by atoms with Gasteiger partial charge in [0.05, 0.1) is 4.90 Å². The molecule has 1 fully saturated rings. The van der Waals surface area contributed by atoms with E-state index in [9.17, 15) is 12.8 Å². The van der Waals surface area contributed by atoms with E-state index >= 15 is 0 Å². The molecular formula is C13H17BrFNO2S. The quantitative estimate of drug-likeness (QED) is 0.849. The number of nitrogens with one attached hydrogen (secondary N) is 1. The smallest absolute Gasteiger partial charge is 0.211 e. The molecule has 2 atom stereocenters. The summed E-state index contributed by atoms with van der Waals surface area (Å²) in [5.41, 5.74) is 0. The van der Waals surface area contributed by atoms with Gasteiger partial charge in [-0.25, -0.2) is 17.5 Å². The molecule has 3 nitrogen and oxygen atoms in total. The molecule has 1 aliphatic rings. The van der Waals surface area contributed by atoms with Crippen LogP contribution in [-0.4, -0.2) is 19.8 Å². The molecule has 0 amide bonds. The van der Waals surface area contributed by atoms with Crippen LogP contribution >= 0.6 is 15.9 Å². The van der Waals surface area contributed by atoms with Crippen LogP contribution in [0.5, 0.6) is 0 Å². The van der Waals surface area contributed by atoms with Gasteiger partial charge in [0.25, 0.3) is 0 Å². The molecule has 6 heteroatoms. The van der Waals surface area contributed by atoms with Crippen LogP contribution in [-0.2, 0) is 10.0 Å². The number of halogens is 2. The van der Waals surface area contributed by atoms with Crippen molar-refractivity contribution in [3.8, 4) is 0 Å². The topological polar surface area (TPSA) is 46.2 Å². The van der Waals surface area contributed by atoms with Gasteiger partial charge < -0.3 is 0 Å². The lowest BCUT2D eigenvalue weighted by atomic mass is 9.89. The first-order valence-corrected chi connectivity index (χ1v) is 8.78. The number of benzene rings is 1. The maximum Gasteiger partial charge on any atom is 0.240 e. The van der Waals surface area contributed by atoms with Gasteiger partial charge >= 0.3 is 0 Å². The second kappa shape index (κ2) is 6.33. The summed E-state index contributed by atoms with van der Waals surface area (Å²) in [6, 6.07) is 5.07. The van der Waals surface area contributed by atoms with E-state index in [-0.39, 0.29) is 4.90 Å². The van der Waals surface area contributed by atoms with Gasteiger partial charge in [-0.1, -0.05) is 34.8 Å². The molecule has 106 valence electrons. The summed E-state index contributed by atoms with van der Waals surface area (Å²) in [5, 5.41) is 0. The fourth-order valence-corrected chi connectivity index (χ4v) is 4.23. The largest absolute Gasteiger partial charge is 0.240 e. The van der Waals surface area contributed by atoms with E-state index < -0.39 is 15.8 Å². The second-order valence-corrected chi connectivity index (χ2v) is 7.81. The van der Waals surface area contributed by atoms with Crippen molar-refractivity contribution in [2.45, 2.75) is 35.4 Å². The zero-order chi connectivity index (χ0) is 13.9. The van der Waals surface area contributed by atoms with Crippen LogP contribution in [0.15, 0.2) is 29.2 Å². The van der Waals surface area contributed by atoms with Gasteiger partial charge in [-0.3, -0.25) is 0 Å². The lowest BCUT2D eigenvalue weighted by Gasteiger charge is -2.27. The maximum atomic E-state index is 13.1. The van der Waals surface area contributed by atoms with Crippen molar-refractivity contribution in [1.82, 2.24) is 4.72 Å². The first-order valence-electron chi connectivity index (χ1n) is 6.38. The first kappa shape index (κ1) is 14.9. The molecule has 0 heterocycles. The summed E-state index contributed by atoms with van der Waals surface area (Å²) in [7, 11) is -3.62. The zero-order valence-corrected chi connectivity index (χ0v) is 12.9. The van der Waals surface area contributed by atoms with Crippen LogP contribution in [0.1, 0.15) is 25.7 Å². The maximum absolute atomic E-state index is 13.1. The van der Waals surface area contributed by atoms with Gasteiger partial charge in [0.15, 0.2) is 0 Å². The van der Waals surface area contributed by atoms with Crippen molar-refractivity contribution < 1.29 is 12.8 Å². The van der Waals surface area contributed by atoms with Crippen molar-refractivity contribution in [2.24, 2.45) is 5.92 Å². The van der Waals surface area contributed by atoms with E-state index in [4.69, 9.17) is 0 Å². The Labute approximate surface area is 121 Å². The Hall–Kier alpha value is -0.460. The summed E-state index contributed by atoms with van der Waals surface area (Å²) in [4.78, 5) is 0.339. The highest BCUT2D eigenvalue weighted by Gasteiger charge is 2.24. The normalized spacial score (nSPS) is 24.3. The Morgan fingerprint density at radius 2 is 2.05 bits per heavy atom. The second-order valence-electron chi connectivity index (χ2n) is 4.87. The minimum Gasteiger partial charge on any atom is -0.211 e. The van der Waals surface area contributed by atoms with Gasteiger partial charge in [-0.15, -0.1) is 0 Å². The Kier molecular flexibility index (Phi) is 4.97. The van der Waals surface area contributed by atoms with Crippen molar-refractivity contribution >= 4 is 26.0 Å². The number of alkyl halides is 1. The fourth-order valence-electron chi connectivity index (χ4n) is 2.33. The molecular weight excluding hydrogens is 333 g/mol. The minimum atomic E-state index is -3.62. The van der Waals surface area contributed by atoms with Crippen LogP contribution in [0.3, 0.4) is 0 Å². The molecule has 19 heavy (non-hydrogen) atoms. The predicted molar refractivity (Wildman–Crippen MR) is 76.3 cm³/mol. The molecule has 1 N–H and O–H groups in total. The molecule has 1 aliphatic carbocycles. The third-order valence-electron chi connectivity index (χ3n) is 3.46. The Morgan fingerprint density at radius 3 is 2.74 bits per heavy atom. The van der Waals surface area contributed by atoms with E-state index in [1.807, 2.05) is 0 Å². The average molecular weight is 350 g/mol. The molecule has 1 saturated carbocycles. The van der Waals surface area contributed by atoms with Crippen LogP contribution in [0.25, 0.3) is 0 Å². The van der Waals surface area contributed by atoms with E-state index in [2.05, 4.69) is 20.7 Å². The van der Waals surface area contributed by atoms with E-state index in [1.165, 1.54) is 24.6 Å². The first-order chi connectivity index (χ1) is 8.99. The van der Waals surface area contributed by atoms with Gasteiger partial charge in [-0.05, 0) is 37.0 Å². The third kappa shape index (κ3) is 4.00. The van der Waals surface area contributed by atoms with Gasteiger partial charge in [-0.2, -0.15) is 0 Å². The number of hydrogen-bond donors (Lipinski definition) is 1. The lowest BCUT2D eigenvalue weighted by molar-refractivity contribution is 0.373. The van der Waals surface area contributed by atoms with E-state index in [0.717, 1.165) is 25.3 Å². The Bertz CT molecular complexity index is 535. The molecule has 2 rings (SSSR count). The van der Waals surface area contributed by atoms with Gasteiger partial charge in [0, 0.05) is 11.4 Å². The molecule has 2 unspecified atom stereocenters. The Balaban J connectivity index is 2.01. The van der Waals surface area contributed by atoms with Crippen molar-refractivity contribution in [3.63, 3.8) is 0 Å². The summed E-state index contributed by atoms with van der Waals surface area (Å²) >= 11 is 3.60. The van der Waals surface area contributed by atoms with Crippen LogP contribution in [0, 0.1) is 11.7 Å². The number of sulfonamides is 1. The highest BCUT2D eigenvalue weighted by atomic mass is 79.9. The van der Waals surface area contributed by atoms with Gasteiger partial charge in [0.1, 0.15) is 5.82 Å². The average Bonchev–Trinajstić information content (AvgIpc) is 2.38. The molecule has 0 spiro atoms. The van der Waals surface area contributed by atoms with E-state index in [1.54, 1.807) is 0 Å². The monoisotopic (exact) mass is 349 g/mol. The van der Waals surface area contributed by atoms with Crippen molar-refractivity contribution in [1.29, 1.82) is 0 Å². The van der Waals surface area contributed by atoms with Crippen LogP contribution in [0.2, 0.25) is 0 Å². The number of hydrogen-bond acceptors (Lipinski definition) is 2. The molecule has 0 radical (unpaired) electrons. The Morgan fingerprint density at radius 1 is 1.32 bits per heavy atom. The molecule has 0 saturated heterocycles. The summed E-state index contributed by atoms with van der Waals surface area (Å²) < 4.78 is 39.7. The molecule has 0 bridgehead atoms. The highest BCUT2D eigenvalue weighted by molar-refractivity contribution is 9.09. The summed E-state index contributed by atoms with van der Waals surface area (Å²) in [6.07, 6.45) is 4.41. The van der Waals surface area contributed by atoms with Crippen LogP contribution in [0.4, 0.5) is 4.39 Å². The molecule has 1 aromatic carbocycles. The molecule has 1 aromatic rings. The van der Waals surface area contributed by atoms with E-state index in [0.29, 0.717) is 17.3 Å². The molecule has 0 aliphatic heterocycles. The third-order valence-corrected chi connectivity index (χ3v) is 6.08. The summed E-state index contributed by atoms with van der Waals surface area (Å²) in [5.74, 6) is -0.240. The summed E-state index contributed by atoms with van der Waals surface area (Å²) in [6.45, 7) is 0.398.